The van der Waals surface area contributed by atoms with E-state index < -0.39 is 0 Å². The third-order valence-corrected chi connectivity index (χ3v) is 5.22. The zero-order valence-corrected chi connectivity index (χ0v) is 11.0. The normalized spacial score (nSPS) is 21.1. The van der Waals surface area contributed by atoms with Crippen molar-refractivity contribution < 1.29 is 0 Å². The number of nitrogens with zero attached hydrogens (tertiary/aromatic N) is 1. The standard InChI is InChI=1S/C11H18N2S2/c1-8-9(2)15-11(13-8)7-12-6-10-4-3-5-14-10/h10,12H,3-7H2,1-2H3. The molecule has 1 aromatic heterocycles. The molecule has 1 fully saturated rings. The van der Waals surface area contributed by atoms with E-state index in [9.17, 15) is 0 Å². The monoisotopic (exact) mass is 242 g/mol. The molecular formula is C11H18N2S2. The van der Waals surface area contributed by atoms with Gasteiger partial charge in [0.2, 0.25) is 0 Å². The number of thiazole rings is 1. The molecule has 2 rings (SSSR count). The van der Waals surface area contributed by atoms with Gasteiger partial charge in [-0.25, -0.2) is 4.98 Å². The molecule has 0 saturated carbocycles. The molecular weight excluding hydrogens is 224 g/mol. The van der Waals surface area contributed by atoms with Gasteiger partial charge in [-0.15, -0.1) is 11.3 Å². The van der Waals surface area contributed by atoms with Gasteiger partial charge in [0.15, 0.2) is 0 Å². The van der Waals surface area contributed by atoms with Gasteiger partial charge in [0.05, 0.1) is 5.69 Å². The minimum absolute atomic E-state index is 0.840. The average Bonchev–Trinajstić information content (AvgIpc) is 2.79. The van der Waals surface area contributed by atoms with E-state index in [-0.39, 0.29) is 0 Å². The van der Waals surface area contributed by atoms with Crippen molar-refractivity contribution in [2.75, 3.05) is 12.3 Å². The summed E-state index contributed by atoms with van der Waals surface area (Å²) in [5.74, 6) is 1.35. The first-order valence-corrected chi connectivity index (χ1v) is 7.37. The molecule has 15 heavy (non-hydrogen) atoms. The second-order valence-corrected chi connectivity index (χ2v) is 6.71. The molecule has 1 saturated heterocycles. The van der Waals surface area contributed by atoms with E-state index in [0.29, 0.717) is 0 Å². The van der Waals surface area contributed by atoms with E-state index in [1.54, 1.807) is 0 Å². The molecule has 4 heteroatoms. The van der Waals surface area contributed by atoms with Crippen LogP contribution in [0.4, 0.5) is 0 Å². The molecule has 0 bridgehead atoms. The molecule has 0 amide bonds. The lowest BCUT2D eigenvalue weighted by Gasteiger charge is -2.08. The molecule has 1 aliphatic rings. The number of nitrogens with one attached hydrogen (secondary N) is 1. The van der Waals surface area contributed by atoms with Crippen LogP contribution >= 0.6 is 23.1 Å². The van der Waals surface area contributed by atoms with Crippen LogP contribution < -0.4 is 5.32 Å². The van der Waals surface area contributed by atoms with Crippen LogP contribution in [0.25, 0.3) is 0 Å². The molecule has 1 atom stereocenters. The van der Waals surface area contributed by atoms with Gasteiger partial charge < -0.3 is 5.32 Å². The first-order chi connectivity index (χ1) is 7.25. The Labute approximate surface area is 99.9 Å². The Morgan fingerprint density at radius 1 is 1.47 bits per heavy atom. The van der Waals surface area contributed by atoms with Gasteiger partial charge in [0.1, 0.15) is 5.01 Å². The lowest BCUT2D eigenvalue weighted by atomic mass is 10.2. The summed E-state index contributed by atoms with van der Waals surface area (Å²) in [6, 6.07) is 0. The second kappa shape index (κ2) is 5.32. The maximum atomic E-state index is 4.52. The zero-order valence-electron chi connectivity index (χ0n) is 9.38. The van der Waals surface area contributed by atoms with Crippen molar-refractivity contribution in [3.8, 4) is 0 Å². The van der Waals surface area contributed by atoms with Crippen LogP contribution in [0.2, 0.25) is 0 Å². The third kappa shape index (κ3) is 3.20. The largest absolute Gasteiger partial charge is 0.309 e. The van der Waals surface area contributed by atoms with Gasteiger partial charge in [-0.1, -0.05) is 0 Å². The SMILES string of the molecule is Cc1nc(CNCC2CCCS2)sc1C. The maximum Gasteiger partial charge on any atom is 0.107 e. The molecule has 0 aliphatic carbocycles. The summed E-state index contributed by atoms with van der Waals surface area (Å²) in [6.45, 7) is 6.31. The smallest absolute Gasteiger partial charge is 0.107 e. The van der Waals surface area contributed by atoms with Crippen molar-refractivity contribution in [3.63, 3.8) is 0 Å². The Hall–Kier alpha value is -0.0600. The fourth-order valence-electron chi connectivity index (χ4n) is 1.76. The number of thioether (sulfide) groups is 1. The van der Waals surface area contributed by atoms with Gasteiger partial charge in [0.25, 0.3) is 0 Å². The summed E-state index contributed by atoms with van der Waals surface area (Å²) in [5.41, 5.74) is 1.19. The molecule has 1 aliphatic heterocycles. The van der Waals surface area contributed by atoms with E-state index in [2.05, 4.69) is 35.9 Å². The summed E-state index contributed by atoms with van der Waals surface area (Å²) >= 11 is 3.92. The van der Waals surface area contributed by atoms with Crippen LogP contribution in [0.1, 0.15) is 28.4 Å². The Morgan fingerprint density at radius 2 is 2.33 bits per heavy atom. The topological polar surface area (TPSA) is 24.9 Å². The fraction of sp³-hybridized carbons (Fsp3) is 0.727. The summed E-state index contributed by atoms with van der Waals surface area (Å²) in [4.78, 5) is 5.87. The lowest BCUT2D eigenvalue weighted by molar-refractivity contribution is 0.643. The van der Waals surface area contributed by atoms with Crippen LogP contribution in [-0.2, 0) is 6.54 Å². The highest BCUT2D eigenvalue weighted by atomic mass is 32.2. The maximum absolute atomic E-state index is 4.52. The highest BCUT2D eigenvalue weighted by molar-refractivity contribution is 8.00. The number of rotatable bonds is 4. The minimum atomic E-state index is 0.840. The molecule has 84 valence electrons. The molecule has 0 spiro atoms. The molecule has 2 nitrogen and oxygen atoms in total. The quantitative estimate of drug-likeness (QED) is 0.879. The first-order valence-electron chi connectivity index (χ1n) is 5.51. The van der Waals surface area contributed by atoms with Gasteiger partial charge in [-0.2, -0.15) is 11.8 Å². The van der Waals surface area contributed by atoms with Crippen molar-refractivity contribution in [2.45, 2.75) is 38.5 Å². The van der Waals surface area contributed by atoms with Crippen molar-refractivity contribution in [1.82, 2.24) is 10.3 Å². The summed E-state index contributed by atoms with van der Waals surface area (Å²) in [6.07, 6.45) is 2.78. The van der Waals surface area contributed by atoms with Crippen molar-refractivity contribution in [2.24, 2.45) is 0 Å². The van der Waals surface area contributed by atoms with Crippen molar-refractivity contribution in [1.29, 1.82) is 0 Å². The predicted molar refractivity (Wildman–Crippen MR) is 68.8 cm³/mol. The van der Waals surface area contributed by atoms with Crippen LogP contribution in [0.15, 0.2) is 0 Å². The molecule has 0 aromatic carbocycles. The Morgan fingerprint density at radius 3 is 2.93 bits per heavy atom. The highest BCUT2D eigenvalue weighted by Gasteiger charge is 2.14. The van der Waals surface area contributed by atoms with Crippen LogP contribution in [-0.4, -0.2) is 22.5 Å². The van der Waals surface area contributed by atoms with Gasteiger partial charge in [-0.05, 0) is 32.4 Å². The molecule has 0 radical (unpaired) electrons. The van der Waals surface area contributed by atoms with Gasteiger partial charge in [0, 0.05) is 23.2 Å². The summed E-state index contributed by atoms with van der Waals surface area (Å²) in [7, 11) is 0. The number of aromatic nitrogens is 1. The molecule has 1 unspecified atom stereocenters. The fourth-order valence-corrected chi connectivity index (χ4v) is 3.90. The second-order valence-electron chi connectivity index (χ2n) is 4.02. The zero-order chi connectivity index (χ0) is 10.7. The first kappa shape index (κ1) is 11.4. The average molecular weight is 242 g/mol. The van der Waals surface area contributed by atoms with E-state index >= 15 is 0 Å². The van der Waals surface area contributed by atoms with Gasteiger partial charge >= 0.3 is 0 Å². The number of aryl methyl sites for hydroxylation is 2. The number of hydrogen-bond acceptors (Lipinski definition) is 4. The van der Waals surface area contributed by atoms with E-state index in [1.807, 2.05) is 11.3 Å². The van der Waals surface area contributed by atoms with E-state index in [1.165, 1.54) is 34.2 Å². The van der Waals surface area contributed by atoms with E-state index in [4.69, 9.17) is 0 Å². The summed E-state index contributed by atoms with van der Waals surface area (Å²) < 4.78 is 0. The summed E-state index contributed by atoms with van der Waals surface area (Å²) in [5, 5.41) is 5.58. The van der Waals surface area contributed by atoms with E-state index in [0.717, 1.165) is 18.3 Å². The van der Waals surface area contributed by atoms with Crippen LogP contribution in [0, 0.1) is 13.8 Å². The molecule has 1 aromatic rings. The Bertz CT molecular complexity index is 297. The Balaban J connectivity index is 1.73. The molecule has 2 heterocycles. The Kier molecular flexibility index (Phi) is 4.05. The van der Waals surface area contributed by atoms with Crippen LogP contribution in [0.5, 0.6) is 0 Å². The van der Waals surface area contributed by atoms with Crippen molar-refractivity contribution >= 4 is 23.1 Å². The predicted octanol–water partition coefficient (Wildman–Crippen LogP) is 2.75. The number of hydrogen-bond donors (Lipinski definition) is 1. The lowest BCUT2D eigenvalue weighted by Crippen LogP contribution is -2.22. The van der Waals surface area contributed by atoms with Crippen LogP contribution in [0.3, 0.4) is 0 Å². The highest BCUT2D eigenvalue weighted by Crippen LogP contribution is 2.25. The van der Waals surface area contributed by atoms with Gasteiger partial charge in [-0.3, -0.25) is 0 Å². The van der Waals surface area contributed by atoms with Crippen molar-refractivity contribution in [3.05, 3.63) is 15.6 Å². The third-order valence-electron chi connectivity index (χ3n) is 2.75. The molecule has 1 N–H and O–H groups in total. The minimum Gasteiger partial charge on any atom is -0.309 e.